The molecule has 0 aromatic heterocycles. The maximum Gasteiger partial charge on any atom is 0.279 e. The normalized spacial score (nSPS) is 19.2. The third-order valence-corrected chi connectivity index (χ3v) is 4.88. The highest BCUT2D eigenvalue weighted by Gasteiger charge is 2.30. The molecule has 2 heterocycles. The Labute approximate surface area is 137 Å². The van der Waals surface area contributed by atoms with Crippen LogP contribution < -0.4 is 4.90 Å². The largest absolute Gasteiger partial charge is 0.327 e. The van der Waals surface area contributed by atoms with Crippen LogP contribution in [0.1, 0.15) is 35.2 Å². The molecule has 1 N–H and O–H groups in total. The van der Waals surface area contributed by atoms with Crippen LogP contribution in [0.3, 0.4) is 0 Å². The summed E-state index contributed by atoms with van der Waals surface area (Å²) in [6.45, 7) is 6.51. The molecule has 2 aliphatic heterocycles. The SMILES string of the molecule is Cc1ccc(C(=O)N2CCN(C(=O)C[NH+]3CCCCC3)C2)cc1. The zero-order valence-corrected chi connectivity index (χ0v) is 13.9. The van der Waals surface area contributed by atoms with Crippen molar-refractivity contribution in [2.75, 3.05) is 39.4 Å². The maximum absolute atomic E-state index is 12.5. The van der Waals surface area contributed by atoms with E-state index in [4.69, 9.17) is 0 Å². The molecule has 5 heteroatoms. The summed E-state index contributed by atoms with van der Waals surface area (Å²) in [7, 11) is 0. The highest BCUT2D eigenvalue weighted by Crippen LogP contribution is 2.12. The Morgan fingerprint density at radius 2 is 1.65 bits per heavy atom. The average Bonchev–Trinajstić information content (AvgIpc) is 3.06. The molecule has 23 heavy (non-hydrogen) atoms. The predicted octanol–water partition coefficient (Wildman–Crippen LogP) is 0.306. The van der Waals surface area contributed by atoms with E-state index in [0.717, 1.165) is 18.7 Å². The van der Waals surface area contributed by atoms with Crippen molar-refractivity contribution in [1.82, 2.24) is 9.80 Å². The van der Waals surface area contributed by atoms with Crippen LogP contribution >= 0.6 is 0 Å². The summed E-state index contributed by atoms with van der Waals surface area (Å²) in [6, 6.07) is 7.62. The molecule has 1 aromatic rings. The number of hydrogen-bond acceptors (Lipinski definition) is 2. The molecule has 124 valence electrons. The monoisotopic (exact) mass is 316 g/mol. The van der Waals surface area contributed by atoms with Gasteiger partial charge in [0.15, 0.2) is 6.54 Å². The minimum Gasteiger partial charge on any atom is -0.327 e. The van der Waals surface area contributed by atoms with E-state index in [9.17, 15) is 9.59 Å². The number of hydrogen-bond donors (Lipinski definition) is 1. The highest BCUT2D eigenvalue weighted by atomic mass is 16.2. The van der Waals surface area contributed by atoms with Crippen LogP contribution in [0.25, 0.3) is 0 Å². The van der Waals surface area contributed by atoms with E-state index in [0.29, 0.717) is 31.9 Å². The zero-order valence-electron chi connectivity index (χ0n) is 13.9. The second kappa shape index (κ2) is 7.13. The first kappa shape index (κ1) is 16.0. The summed E-state index contributed by atoms with van der Waals surface area (Å²) in [4.78, 5) is 29.9. The molecule has 2 fully saturated rings. The summed E-state index contributed by atoms with van der Waals surface area (Å²) in [6.07, 6.45) is 3.74. The van der Waals surface area contributed by atoms with Gasteiger partial charge < -0.3 is 14.7 Å². The third-order valence-electron chi connectivity index (χ3n) is 4.88. The number of nitrogens with zero attached hydrogens (tertiary/aromatic N) is 2. The van der Waals surface area contributed by atoms with E-state index in [1.165, 1.54) is 24.2 Å². The van der Waals surface area contributed by atoms with Gasteiger partial charge in [-0.15, -0.1) is 0 Å². The van der Waals surface area contributed by atoms with Gasteiger partial charge in [0, 0.05) is 18.7 Å². The van der Waals surface area contributed by atoms with Crippen LogP contribution in [0.4, 0.5) is 0 Å². The molecular formula is C18H26N3O2+. The molecule has 0 aliphatic carbocycles. The van der Waals surface area contributed by atoms with Crippen molar-refractivity contribution in [2.24, 2.45) is 0 Å². The van der Waals surface area contributed by atoms with Gasteiger partial charge in [0.25, 0.3) is 11.8 Å². The third kappa shape index (κ3) is 3.91. The van der Waals surface area contributed by atoms with Crippen molar-refractivity contribution in [3.05, 3.63) is 35.4 Å². The molecule has 2 amide bonds. The highest BCUT2D eigenvalue weighted by molar-refractivity contribution is 5.94. The quantitative estimate of drug-likeness (QED) is 0.872. The molecule has 0 atom stereocenters. The summed E-state index contributed by atoms with van der Waals surface area (Å²) in [5, 5.41) is 0. The molecule has 2 aliphatic rings. The fraction of sp³-hybridized carbons (Fsp3) is 0.556. The lowest BCUT2D eigenvalue weighted by Crippen LogP contribution is -3.13. The summed E-state index contributed by atoms with van der Waals surface area (Å²) >= 11 is 0. The fourth-order valence-corrected chi connectivity index (χ4v) is 3.39. The second-order valence-corrected chi connectivity index (χ2v) is 6.72. The molecule has 5 nitrogen and oxygen atoms in total. The Morgan fingerprint density at radius 3 is 2.35 bits per heavy atom. The molecule has 3 rings (SSSR count). The Kier molecular flexibility index (Phi) is 4.96. The van der Waals surface area contributed by atoms with E-state index in [-0.39, 0.29) is 11.8 Å². The van der Waals surface area contributed by atoms with Crippen molar-refractivity contribution in [1.29, 1.82) is 0 Å². The van der Waals surface area contributed by atoms with Crippen LogP contribution in [-0.2, 0) is 4.79 Å². The van der Waals surface area contributed by atoms with Crippen LogP contribution in [0.15, 0.2) is 24.3 Å². The number of amides is 2. The smallest absolute Gasteiger partial charge is 0.279 e. The topological polar surface area (TPSA) is 45.1 Å². The number of carbonyl (C=O) groups excluding carboxylic acids is 2. The molecule has 0 radical (unpaired) electrons. The Hall–Kier alpha value is -1.88. The van der Waals surface area contributed by atoms with E-state index in [1.54, 1.807) is 4.90 Å². The molecular weight excluding hydrogens is 290 g/mol. The number of quaternary nitrogens is 1. The first-order chi connectivity index (χ1) is 11.1. The van der Waals surface area contributed by atoms with Crippen LogP contribution in [0, 0.1) is 6.92 Å². The Balaban J connectivity index is 1.54. The van der Waals surface area contributed by atoms with Gasteiger partial charge in [0.1, 0.15) is 0 Å². The predicted molar refractivity (Wildman–Crippen MR) is 88.2 cm³/mol. The minimum atomic E-state index is 0.0191. The van der Waals surface area contributed by atoms with Crippen molar-refractivity contribution < 1.29 is 14.5 Å². The zero-order chi connectivity index (χ0) is 16.2. The van der Waals surface area contributed by atoms with E-state index >= 15 is 0 Å². The molecule has 0 unspecified atom stereocenters. The second-order valence-electron chi connectivity index (χ2n) is 6.72. The van der Waals surface area contributed by atoms with Crippen molar-refractivity contribution >= 4 is 11.8 Å². The van der Waals surface area contributed by atoms with E-state index in [2.05, 4.69) is 0 Å². The fourth-order valence-electron chi connectivity index (χ4n) is 3.39. The lowest BCUT2D eigenvalue weighted by atomic mass is 10.1. The van der Waals surface area contributed by atoms with E-state index < -0.39 is 0 Å². The van der Waals surface area contributed by atoms with Crippen molar-refractivity contribution in [3.63, 3.8) is 0 Å². The number of rotatable bonds is 3. The first-order valence-corrected chi connectivity index (χ1v) is 8.61. The average molecular weight is 316 g/mol. The summed E-state index contributed by atoms with van der Waals surface area (Å²) in [5.74, 6) is 0.201. The molecule has 0 spiro atoms. The van der Waals surface area contributed by atoms with Gasteiger partial charge in [-0.25, -0.2) is 0 Å². The van der Waals surface area contributed by atoms with Gasteiger partial charge in [-0.05, 0) is 38.3 Å². The van der Waals surface area contributed by atoms with Crippen molar-refractivity contribution in [3.8, 4) is 0 Å². The minimum absolute atomic E-state index is 0.0191. The van der Waals surface area contributed by atoms with Gasteiger partial charge in [0.2, 0.25) is 0 Å². The van der Waals surface area contributed by atoms with Gasteiger partial charge >= 0.3 is 0 Å². The molecule has 2 saturated heterocycles. The standard InChI is InChI=1S/C18H25N3O2/c1-15-5-7-16(8-6-15)18(23)21-12-11-20(14-21)17(22)13-19-9-3-2-4-10-19/h5-8H,2-4,9-14H2,1H3/p+1. The lowest BCUT2D eigenvalue weighted by molar-refractivity contribution is -0.897. The van der Waals surface area contributed by atoms with E-state index in [1.807, 2.05) is 36.1 Å². The number of carbonyl (C=O) groups is 2. The van der Waals surface area contributed by atoms with Gasteiger partial charge in [-0.2, -0.15) is 0 Å². The maximum atomic E-state index is 12.5. The number of aryl methyl sites for hydroxylation is 1. The number of piperidine rings is 1. The van der Waals surface area contributed by atoms with Gasteiger partial charge in [-0.1, -0.05) is 17.7 Å². The number of benzene rings is 1. The lowest BCUT2D eigenvalue weighted by Gasteiger charge is -2.25. The van der Waals surface area contributed by atoms with Crippen LogP contribution in [-0.4, -0.2) is 61.0 Å². The molecule has 1 aromatic carbocycles. The number of nitrogens with one attached hydrogen (secondary N) is 1. The Bertz CT molecular complexity index is 564. The molecule has 0 saturated carbocycles. The first-order valence-electron chi connectivity index (χ1n) is 8.61. The Morgan fingerprint density at radius 1 is 1.00 bits per heavy atom. The molecule has 0 bridgehead atoms. The van der Waals surface area contributed by atoms with Crippen LogP contribution in [0.2, 0.25) is 0 Å². The van der Waals surface area contributed by atoms with Gasteiger partial charge in [0.05, 0.1) is 19.8 Å². The van der Waals surface area contributed by atoms with Gasteiger partial charge in [-0.3, -0.25) is 9.59 Å². The summed E-state index contributed by atoms with van der Waals surface area (Å²) in [5.41, 5.74) is 1.84. The number of likely N-dealkylation sites (tertiary alicyclic amines) is 1. The summed E-state index contributed by atoms with van der Waals surface area (Å²) < 4.78 is 0. The van der Waals surface area contributed by atoms with Crippen molar-refractivity contribution in [2.45, 2.75) is 26.2 Å². The van der Waals surface area contributed by atoms with Crippen LogP contribution in [0.5, 0.6) is 0 Å².